The molecular formula is C16H23N3O3S. The van der Waals surface area contributed by atoms with Crippen molar-refractivity contribution in [3.8, 4) is 0 Å². The number of nitrogens with zero attached hydrogens (tertiary/aromatic N) is 2. The van der Waals surface area contributed by atoms with E-state index in [1.807, 2.05) is 26.6 Å². The first-order valence-corrected chi connectivity index (χ1v) is 8.97. The van der Waals surface area contributed by atoms with E-state index >= 15 is 0 Å². The van der Waals surface area contributed by atoms with Gasteiger partial charge in [-0.15, -0.1) is 0 Å². The van der Waals surface area contributed by atoms with Crippen LogP contribution in [0.25, 0.3) is 0 Å². The van der Waals surface area contributed by atoms with Crippen molar-refractivity contribution in [2.75, 3.05) is 46.4 Å². The molecular weight excluding hydrogens is 314 g/mol. The highest BCUT2D eigenvalue weighted by Gasteiger charge is 2.43. The smallest absolute Gasteiger partial charge is 0.255 e. The van der Waals surface area contributed by atoms with Gasteiger partial charge < -0.3 is 19.9 Å². The first kappa shape index (κ1) is 16.4. The van der Waals surface area contributed by atoms with Gasteiger partial charge in [-0.1, -0.05) is 0 Å². The average Bonchev–Trinajstić information content (AvgIpc) is 3.16. The summed E-state index contributed by atoms with van der Waals surface area (Å²) in [6.07, 6.45) is 1.41. The Hall–Kier alpha value is -1.44. The van der Waals surface area contributed by atoms with Crippen LogP contribution in [0.4, 0.5) is 0 Å². The lowest BCUT2D eigenvalue weighted by atomic mass is 9.90. The summed E-state index contributed by atoms with van der Waals surface area (Å²) in [6, 6.07) is 1.85. The number of carbonyl (C=O) groups excluding carboxylic acids is 2. The quantitative estimate of drug-likeness (QED) is 0.886. The standard InChI is InChI=1S/C16H23N3O3S/c1-22-16(3-5-17-6-4-16)15(21)19-9-7-18(8-10-19)14(20)13-2-11-23-12-13/h2,11-12,17H,3-10H2,1H3. The normalized spacial score (nSPS) is 21.3. The predicted octanol–water partition coefficient (Wildman–Crippen LogP) is 0.801. The number of piperidine rings is 1. The molecule has 3 heterocycles. The van der Waals surface area contributed by atoms with Crippen LogP contribution in [0, 0.1) is 0 Å². The van der Waals surface area contributed by atoms with E-state index < -0.39 is 5.60 Å². The third kappa shape index (κ3) is 3.27. The van der Waals surface area contributed by atoms with Gasteiger partial charge in [-0.25, -0.2) is 0 Å². The molecule has 2 amide bonds. The van der Waals surface area contributed by atoms with Gasteiger partial charge in [-0.3, -0.25) is 9.59 Å². The Bertz CT molecular complexity index is 547. The molecule has 0 saturated carbocycles. The average molecular weight is 337 g/mol. The fourth-order valence-corrected chi connectivity index (χ4v) is 3.94. The molecule has 23 heavy (non-hydrogen) atoms. The number of nitrogens with one attached hydrogen (secondary N) is 1. The summed E-state index contributed by atoms with van der Waals surface area (Å²) in [7, 11) is 1.62. The summed E-state index contributed by atoms with van der Waals surface area (Å²) >= 11 is 1.52. The van der Waals surface area contributed by atoms with Crippen LogP contribution in [0.1, 0.15) is 23.2 Å². The van der Waals surface area contributed by atoms with Crippen LogP contribution < -0.4 is 5.32 Å². The number of amides is 2. The monoisotopic (exact) mass is 337 g/mol. The van der Waals surface area contributed by atoms with E-state index in [4.69, 9.17) is 4.74 Å². The molecule has 1 aromatic rings. The third-order valence-corrected chi connectivity index (χ3v) is 5.50. The van der Waals surface area contributed by atoms with E-state index in [0.29, 0.717) is 39.0 Å². The summed E-state index contributed by atoms with van der Waals surface area (Å²) in [5.74, 6) is 0.130. The third-order valence-electron chi connectivity index (χ3n) is 4.81. The zero-order valence-corrected chi connectivity index (χ0v) is 14.2. The van der Waals surface area contributed by atoms with E-state index in [2.05, 4.69) is 5.32 Å². The second kappa shape index (κ2) is 6.98. The van der Waals surface area contributed by atoms with Gasteiger partial charge in [0, 0.05) is 38.7 Å². The SMILES string of the molecule is COC1(C(=O)N2CCN(C(=O)c3ccsc3)CC2)CCNCC1. The maximum atomic E-state index is 12.9. The molecule has 0 unspecified atom stereocenters. The van der Waals surface area contributed by atoms with Crippen molar-refractivity contribution in [2.24, 2.45) is 0 Å². The lowest BCUT2D eigenvalue weighted by Gasteiger charge is -2.42. The Morgan fingerprint density at radius 1 is 1.17 bits per heavy atom. The van der Waals surface area contributed by atoms with Crippen LogP contribution in [-0.2, 0) is 9.53 Å². The lowest BCUT2D eigenvalue weighted by molar-refractivity contribution is -0.159. The minimum atomic E-state index is -0.690. The van der Waals surface area contributed by atoms with Crippen molar-refractivity contribution in [3.63, 3.8) is 0 Å². The molecule has 2 aliphatic rings. The van der Waals surface area contributed by atoms with Crippen molar-refractivity contribution < 1.29 is 14.3 Å². The summed E-state index contributed by atoms with van der Waals surface area (Å²) in [5.41, 5.74) is 0.0478. The largest absolute Gasteiger partial charge is 0.368 e. The molecule has 1 aromatic heterocycles. The van der Waals surface area contributed by atoms with Crippen LogP contribution >= 0.6 is 11.3 Å². The van der Waals surface area contributed by atoms with Crippen LogP contribution in [0.3, 0.4) is 0 Å². The van der Waals surface area contributed by atoms with Crippen LogP contribution in [0.15, 0.2) is 16.8 Å². The zero-order valence-electron chi connectivity index (χ0n) is 13.4. The lowest BCUT2D eigenvalue weighted by Crippen LogP contribution is -2.59. The number of rotatable bonds is 3. The Morgan fingerprint density at radius 2 is 1.83 bits per heavy atom. The first-order valence-electron chi connectivity index (χ1n) is 8.03. The van der Waals surface area contributed by atoms with Crippen molar-refractivity contribution in [1.82, 2.24) is 15.1 Å². The molecule has 1 N–H and O–H groups in total. The molecule has 7 heteroatoms. The van der Waals surface area contributed by atoms with Crippen molar-refractivity contribution in [2.45, 2.75) is 18.4 Å². The van der Waals surface area contributed by atoms with Gasteiger partial charge in [0.1, 0.15) is 5.60 Å². The van der Waals surface area contributed by atoms with E-state index in [9.17, 15) is 9.59 Å². The summed E-state index contributed by atoms with van der Waals surface area (Å²) in [5, 5.41) is 7.05. The molecule has 0 bridgehead atoms. The van der Waals surface area contributed by atoms with Gasteiger partial charge in [-0.05, 0) is 37.4 Å². The van der Waals surface area contributed by atoms with E-state index in [1.54, 1.807) is 7.11 Å². The Morgan fingerprint density at radius 3 is 2.39 bits per heavy atom. The Balaban J connectivity index is 1.60. The summed E-state index contributed by atoms with van der Waals surface area (Å²) in [4.78, 5) is 28.9. The fraction of sp³-hybridized carbons (Fsp3) is 0.625. The highest BCUT2D eigenvalue weighted by atomic mass is 32.1. The van der Waals surface area contributed by atoms with Crippen LogP contribution in [0.2, 0.25) is 0 Å². The number of carbonyl (C=O) groups is 2. The minimum Gasteiger partial charge on any atom is -0.368 e. The Kier molecular flexibility index (Phi) is 4.99. The number of methoxy groups -OCH3 is 1. The molecule has 126 valence electrons. The molecule has 0 spiro atoms. The van der Waals surface area contributed by atoms with Gasteiger partial charge in [0.15, 0.2) is 0 Å². The second-order valence-electron chi connectivity index (χ2n) is 6.04. The fourth-order valence-electron chi connectivity index (χ4n) is 3.31. The molecule has 3 rings (SSSR count). The van der Waals surface area contributed by atoms with Gasteiger partial charge in [0.2, 0.25) is 0 Å². The minimum absolute atomic E-state index is 0.0571. The molecule has 2 fully saturated rings. The molecule has 2 saturated heterocycles. The maximum Gasteiger partial charge on any atom is 0.255 e. The number of thiophene rings is 1. The molecule has 0 aliphatic carbocycles. The molecule has 2 aliphatic heterocycles. The molecule has 0 aromatic carbocycles. The van der Waals surface area contributed by atoms with Gasteiger partial charge in [0.25, 0.3) is 11.8 Å². The van der Waals surface area contributed by atoms with E-state index in [1.165, 1.54) is 11.3 Å². The zero-order chi connectivity index (χ0) is 16.3. The van der Waals surface area contributed by atoms with E-state index in [0.717, 1.165) is 18.7 Å². The van der Waals surface area contributed by atoms with Gasteiger partial charge >= 0.3 is 0 Å². The van der Waals surface area contributed by atoms with Crippen LogP contribution in [0.5, 0.6) is 0 Å². The number of hydrogen-bond donors (Lipinski definition) is 1. The number of ether oxygens (including phenoxy) is 1. The maximum absolute atomic E-state index is 12.9. The second-order valence-corrected chi connectivity index (χ2v) is 6.82. The molecule has 0 atom stereocenters. The molecule has 0 radical (unpaired) electrons. The predicted molar refractivity (Wildman–Crippen MR) is 88.6 cm³/mol. The van der Waals surface area contributed by atoms with Crippen molar-refractivity contribution in [3.05, 3.63) is 22.4 Å². The number of hydrogen-bond acceptors (Lipinski definition) is 5. The topological polar surface area (TPSA) is 61.9 Å². The van der Waals surface area contributed by atoms with Crippen LogP contribution in [-0.4, -0.2) is 73.6 Å². The van der Waals surface area contributed by atoms with Gasteiger partial charge in [-0.2, -0.15) is 11.3 Å². The summed E-state index contributed by atoms with van der Waals surface area (Å²) in [6.45, 7) is 3.92. The van der Waals surface area contributed by atoms with E-state index in [-0.39, 0.29) is 11.8 Å². The number of piperazine rings is 1. The van der Waals surface area contributed by atoms with Gasteiger partial charge in [0.05, 0.1) is 5.56 Å². The Labute approximate surface area is 140 Å². The highest BCUT2D eigenvalue weighted by molar-refractivity contribution is 7.08. The highest BCUT2D eigenvalue weighted by Crippen LogP contribution is 2.26. The van der Waals surface area contributed by atoms with Crippen molar-refractivity contribution in [1.29, 1.82) is 0 Å². The molecule has 6 nitrogen and oxygen atoms in total. The van der Waals surface area contributed by atoms with Crippen molar-refractivity contribution >= 4 is 23.2 Å². The summed E-state index contributed by atoms with van der Waals surface area (Å²) < 4.78 is 5.62. The first-order chi connectivity index (χ1) is 11.2.